The fourth-order valence-corrected chi connectivity index (χ4v) is 3.68. The molecule has 0 saturated carbocycles. The summed E-state index contributed by atoms with van der Waals surface area (Å²) in [6.45, 7) is 0.781. The number of nitrogens with one attached hydrogen (secondary N) is 2. The molecule has 0 saturated heterocycles. The summed E-state index contributed by atoms with van der Waals surface area (Å²) in [4.78, 5) is 12.1. The van der Waals surface area contributed by atoms with E-state index < -0.39 is 0 Å². The Morgan fingerprint density at radius 3 is 3.00 bits per heavy atom. The zero-order valence-electron chi connectivity index (χ0n) is 14.1. The quantitative estimate of drug-likeness (QED) is 0.726. The SMILES string of the molecule is COc1ccc2c(c1)CCCC2CNC(=O)N[C@@H]1C=C[C@H](CO)C1. The summed E-state index contributed by atoms with van der Waals surface area (Å²) in [6, 6.07) is 6.12. The third-order valence-corrected chi connectivity index (χ3v) is 5.02. The maximum absolute atomic E-state index is 12.1. The smallest absolute Gasteiger partial charge is 0.315 e. The van der Waals surface area contributed by atoms with Crippen LogP contribution in [-0.2, 0) is 6.42 Å². The summed E-state index contributed by atoms with van der Waals surface area (Å²) in [5.74, 6) is 1.41. The molecule has 3 rings (SSSR count). The van der Waals surface area contributed by atoms with E-state index in [1.165, 1.54) is 11.1 Å². The Hall–Kier alpha value is -2.01. The van der Waals surface area contributed by atoms with E-state index in [4.69, 9.17) is 9.84 Å². The van der Waals surface area contributed by atoms with Crippen LogP contribution < -0.4 is 15.4 Å². The van der Waals surface area contributed by atoms with Gasteiger partial charge in [0.25, 0.3) is 0 Å². The fraction of sp³-hybridized carbons (Fsp3) is 0.526. The molecule has 0 aliphatic heterocycles. The molecule has 1 unspecified atom stereocenters. The van der Waals surface area contributed by atoms with E-state index in [1.807, 2.05) is 18.2 Å². The Morgan fingerprint density at radius 2 is 2.25 bits per heavy atom. The van der Waals surface area contributed by atoms with Gasteiger partial charge in [0.2, 0.25) is 0 Å². The van der Waals surface area contributed by atoms with E-state index in [-0.39, 0.29) is 24.6 Å². The minimum Gasteiger partial charge on any atom is -0.497 e. The van der Waals surface area contributed by atoms with E-state index in [9.17, 15) is 4.79 Å². The highest BCUT2D eigenvalue weighted by Gasteiger charge is 2.23. The second-order valence-corrected chi connectivity index (χ2v) is 6.68. The number of amides is 2. The summed E-state index contributed by atoms with van der Waals surface area (Å²) in [5, 5.41) is 15.1. The highest BCUT2D eigenvalue weighted by Crippen LogP contribution is 2.33. The number of methoxy groups -OCH3 is 1. The maximum atomic E-state index is 12.1. The number of carbonyl (C=O) groups excluding carboxylic acids is 1. The van der Waals surface area contributed by atoms with Crippen molar-refractivity contribution in [2.75, 3.05) is 20.3 Å². The van der Waals surface area contributed by atoms with E-state index in [2.05, 4.69) is 22.8 Å². The van der Waals surface area contributed by atoms with Gasteiger partial charge in [0, 0.05) is 31.0 Å². The summed E-state index contributed by atoms with van der Waals surface area (Å²) in [7, 11) is 1.69. The third kappa shape index (κ3) is 3.90. The van der Waals surface area contributed by atoms with Crippen LogP contribution in [0.1, 0.15) is 36.3 Å². The number of aliphatic hydroxyl groups excluding tert-OH is 1. The van der Waals surface area contributed by atoms with E-state index in [1.54, 1.807) is 7.11 Å². The van der Waals surface area contributed by atoms with Crippen molar-refractivity contribution in [1.82, 2.24) is 10.6 Å². The Kier molecular flexibility index (Phi) is 5.41. The Morgan fingerprint density at radius 1 is 1.38 bits per heavy atom. The zero-order valence-corrected chi connectivity index (χ0v) is 14.1. The van der Waals surface area contributed by atoms with Crippen LogP contribution in [-0.4, -0.2) is 37.4 Å². The van der Waals surface area contributed by atoms with Gasteiger partial charge in [0.1, 0.15) is 5.75 Å². The van der Waals surface area contributed by atoms with Crippen LogP contribution in [0.2, 0.25) is 0 Å². The number of ether oxygens (including phenoxy) is 1. The first kappa shape index (κ1) is 16.8. The van der Waals surface area contributed by atoms with Gasteiger partial charge in [-0.15, -0.1) is 0 Å². The number of aryl methyl sites for hydroxylation is 1. The minimum atomic E-state index is -0.135. The van der Waals surface area contributed by atoms with Crippen LogP contribution in [0.15, 0.2) is 30.4 Å². The van der Waals surface area contributed by atoms with Gasteiger partial charge in [-0.05, 0) is 48.9 Å². The fourth-order valence-electron chi connectivity index (χ4n) is 3.68. The number of rotatable bonds is 5. The number of fused-ring (bicyclic) bond motifs is 1. The molecule has 3 atom stereocenters. The molecule has 24 heavy (non-hydrogen) atoms. The molecule has 5 heteroatoms. The van der Waals surface area contributed by atoms with Crippen molar-refractivity contribution in [2.24, 2.45) is 5.92 Å². The predicted molar refractivity (Wildman–Crippen MR) is 93.3 cm³/mol. The standard InChI is InChI=1S/C19H26N2O3/c1-24-17-7-8-18-14(10-17)3-2-4-15(18)11-20-19(23)21-16-6-5-13(9-16)12-22/h5-8,10,13,15-16,22H,2-4,9,11-12H2,1H3,(H2,20,21,23)/t13-,15?,16+/m0/s1. The molecule has 1 aromatic carbocycles. The lowest BCUT2D eigenvalue weighted by atomic mass is 9.82. The van der Waals surface area contributed by atoms with E-state index >= 15 is 0 Å². The molecule has 0 aromatic heterocycles. The molecule has 0 heterocycles. The van der Waals surface area contributed by atoms with Crippen molar-refractivity contribution in [1.29, 1.82) is 0 Å². The number of urea groups is 1. The summed E-state index contributed by atoms with van der Waals surface area (Å²) in [5.41, 5.74) is 2.65. The average Bonchev–Trinajstić information content (AvgIpc) is 3.06. The topological polar surface area (TPSA) is 70.6 Å². The van der Waals surface area contributed by atoms with Crippen molar-refractivity contribution in [3.05, 3.63) is 41.5 Å². The lowest BCUT2D eigenvalue weighted by Gasteiger charge is -2.26. The van der Waals surface area contributed by atoms with Gasteiger partial charge in [-0.1, -0.05) is 18.2 Å². The van der Waals surface area contributed by atoms with Gasteiger partial charge in [0.05, 0.1) is 7.11 Å². The molecule has 130 valence electrons. The Bertz CT molecular complexity index is 615. The molecule has 0 radical (unpaired) electrons. The number of aliphatic hydroxyl groups is 1. The van der Waals surface area contributed by atoms with E-state index in [0.717, 1.165) is 31.4 Å². The maximum Gasteiger partial charge on any atom is 0.315 e. The van der Waals surface area contributed by atoms with Crippen LogP contribution in [0, 0.1) is 5.92 Å². The molecular weight excluding hydrogens is 304 g/mol. The number of hydrogen-bond acceptors (Lipinski definition) is 3. The van der Waals surface area contributed by atoms with Gasteiger partial charge >= 0.3 is 6.03 Å². The van der Waals surface area contributed by atoms with Gasteiger partial charge in [-0.3, -0.25) is 0 Å². The van der Waals surface area contributed by atoms with E-state index in [0.29, 0.717) is 12.5 Å². The molecule has 0 spiro atoms. The molecule has 3 N–H and O–H groups in total. The number of benzene rings is 1. The first-order chi connectivity index (χ1) is 11.7. The normalized spacial score (nSPS) is 25.2. The van der Waals surface area contributed by atoms with Crippen LogP contribution in [0.5, 0.6) is 5.75 Å². The lowest BCUT2D eigenvalue weighted by Crippen LogP contribution is -2.42. The zero-order chi connectivity index (χ0) is 16.9. The highest BCUT2D eigenvalue weighted by atomic mass is 16.5. The molecule has 2 amide bonds. The first-order valence-corrected chi connectivity index (χ1v) is 8.70. The van der Waals surface area contributed by atoms with Crippen LogP contribution in [0.3, 0.4) is 0 Å². The molecule has 1 aromatic rings. The van der Waals surface area contributed by atoms with Crippen molar-refractivity contribution in [2.45, 2.75) is 37.6 Å². The van der Waals surface area contributed by atoms with Gasteiger partial charge in [-0.2, -0.15) is 0 Å². The third-order valence-electron chi connectivity index (χ3n) is 5.02. The van der Waals surface area contributed by atoms with Gasteiger partial charge < -0.3 is 20.5 Å². The predicted octanol–water partition coefficient (Wildman–Crippen LogP) is 2.35. The largest absolute Gasteiger partial charge is 0.497 e. The first-order valence-electron chi connectivity index (χ1n) is 8.70. The Labute approximate surface area is 143 Å². The second-order valence-electron chi connectivity index (χ2n) is 6.68. The molecular formula is C19H26N2O3. The van der Waals surface area contributed by atoms with Crippen molar-refractivity contribution in [3.8, 4) is 5.75 Å². The molecule has 5 nitrogen and oxygen atoms in total. The van der Waals surface area contributed by atoms with Crippen molar-refractivity contribution in [3.63, 3.8) is 0 Å². The Balaban J connectivity index is 1.52. The van der Waals surface area contributed by atoms with Crippen molar-refractivity contribution < 1.29 is 14.6 Å². The number of hydrogen-bond donors (Lipinski definition) is 3. The molecule has 2 aliphatic rings. The highest BCUT2D eigenvalue weighted by molar-refractivity contribution is 5.74. The second kappa shape index (κ2) is 7.71. The molecule has 2 aliphatic carbocycles. The van der Waals surface area contributed by atoms with Gasteiger partial charge in [0.15, 0.2) is 0 Å². The average molecular weight is 330 g/mol. The molecule has 0 fully saturated rings. The van der Waals surface area contributed by atoms with Crippen LogP contribution >= 0.6 is 0 Å². The summed E-state index contributed by atoms with van der Waals surface area (Å²) >= 11 is 0. The van der Waals surface area contributed by atoms with Crippen LogP contribution in [0.25, 0.3) is 0 Å². The lowest BCUT2D eigenvalue weighted by molar-refractivity contribution is 0.230. The molecule has 0 bridgehead atoms. The number of carbonyl (C=O) groups is 1. The summed E-state index contributed by atoms with van der Waals surface area (Å²) < 4.78 is 5.30. The minimum absolute atomic E-state index is 0.0186. The summed E-state index contributed by atoms with van der Waals surface area (Å²) in [6.07, 6.45) is 8.01. The monoisotopic (exact) mass is 330 g/mol. The van der Waals surface area contributed by atoms with Crippen molar-refractivity contribution >= 4 is 6.03 Å². The van der Waals surface area contributed by atoms with Crippen LogP contribution in [0.4, 0.5) is 4.79 Å². The van der Waals surface area contributed by atoms with Gasteiger partial charge in [-0.25, -0.2) is 4.79 Å².